The maximum Gasteiger partial charge on any atom is 0.410 e. The molecule has 7 heteroatoms. The Morgan fingerprint density at radius 2 is 2.00 bits per heavy atom. The summed E-state index contributed by atoms with van der Waals surface area (Å²) < 4.78 is 16.9. The van der Waals surface area contributed by atoms with Gasteiger partial charge in [-0.15, -0.1) is 0 Å². The minimum atomic E-state index is -0.541. The van der Waals surface area contributed by atoms with Gasteiger partial charge in [-0.05, 0) is 45.7 Å². The fraction of sp³-hybridized carbons (Fsp3) is 0.600. The predicted molar refractivity (Wildman–Crippen MR) is 99.9 cm³/mol. The van der Waals surface area contributed by atoms with E-state index in [0.29, 0.717) is 32.0 Å². The summed E-state index contributed by atoms with van der Waals surface area (Å²) in [6.07, 6.45) is 0.957. The molecule has 0 radical (unpaired) electrons. The van der Waals surface area contributed by atoms with Crippen LogP contribution in [0.25, 0.3) is 0 Å². The van der Waals surface area contributed by atoms with Crippen LogP contribution in [0.1, 0.15) is 33.6 Å². The lowest BCUT2D eigenvalue weighted by Gasteiger charge is -2.34. The fourth-order valence-electron chi connectivity index (χ4n) is 3.21. The maximum atomic E-state index is 12.6. The van der Waals surface area contributed by atoms with Gasteiger partial charge in [-0.2, -0.15) is 0 Å². The van der Waals surface area contributed by atoms with Gasteiger partial charge in [0, 0.05) is 13.1 Å². The zero-order valence-corrected chi connectivity index (χ0v) is 16.2. The number of piperidine rings is 1. The van der Waals surface area contributed by atoms with Crippen LogP contribution in [-0.2, 0) is 9.53 Å². The van der Waals surface area contributed by atoms with Crippen LogP contribution in [0.2, 0.25) is 0 Å². The molecule has 2 atom stereocenters. The quantitative estimate of drug-likeness (QED) is 0.877. The first kappa shape index (κ1) is 19.3. The average molecular weight is 376 g/mol. The van der Waals surface area contributed by atoms with Crippen molar-refractivity contribution in [2.75, 3.05) is 26.2 Å². The fourth-order valence-corrected chi connectivity index (χ4v) is 3.21. The van der Waals surface area contributed by atoms with Gasteiger partial charge in [0.2, 0.25) is 5.91 Å². The van der Waals surface area contributed by atoms with E-state index in [1.54, 1.807) is 4.90 Å². The molecule has 2 aliphatic rings. The van der Waals surface area contributed by atoms with E-state index in [1.807, 2.05) is 45.0 Å². The monoisotopic (exact) mass is 376 g/mol. The molecule has 0 aromatic heterocycles. The first-order valence-corrected chi connectivity index (χ1v) is 9.46. The van der Waals surface area contributed by atoms with Crippen molar-refractivity contribution in [3.63, 3.8) is 0 Å². The first-order valence-electron chi connectivity index (χ1n) is 9.46. The highest BCUT2D eigenvalue weighted by Crippen LogP contribution is 2.30. The Morgan fingerprint density at radius 3 is 2.74 bits per heavy atom. The van der Waals surface area contributed by atoms with E-state index in [1.165, 1.54) is 0 Å². The minimum absolute atomic E-state index is 0.0642. The third kappa shape index (κ3) is 5.28. The molecule has 7 nitrogen and oxygen atoms in total. The van der Waals surface area contributed by atoms with Crippen molar-refractivity contribution in [1.82, 2.24) is 10.2 Å². The number of hydrogen-bond acceptors (Lipinski definition) is 5. The van der Waals surface area contributed by atoms with Gasteiger partial charge in [-0.25, -0.2) is 4.79 Å². The van der Waals surface area contributed by atoms with E-state index in [-0.39, 0.29) is 24.0 Å². The lowest BCUT2D eigenvalue weighted by molar-refractivity contribution is -0.127. The second-order valence-corrected chi connectivity index (χ2v) is 8.01. The Balaban J connectivity index is 1.47. The highest BCUT2D eigenvalue weighted by molar-refractivity contribution is 5.80. The summed E-state index contributed by atoms with van der Waals surface area (Å²) in [5.74, 6) is 1.12. The van der Waals surface area contributed by atoms with E-state index in [4.69, 9.17) is 14.2 Å². The topological polar surface area (TPSA) is 77.1 Å². The van der Waals surface area contributed by atoms with E-state index in [0.717, 1.165) is 18.6 Å². The summed E-state index contributed by atoms with van der Waals surface area (Å²) >= 11 is 0. The smallest absolute Gasteiger partial charge is 0.410 e. The number of benzene rings is 1. The molecule has 3 rings (SSSR count). The molecule has 1 fully saturated rings. The third-order valence-electron chi connectivity index (χ3n) is 4.52. The van der Waals surface area contributed by atoms with Crippen LogP contribution in [-0.4, -0.2) is 54.8 Å². The standard InChI is InChI=1S/C20H28N2O5/c1-20(2,3)27-19(24)22-10-6-7-14(12-22)18(23)21-11-15-13-25-16-8-4-5-9-17(16)26-15/h4-5,8-9,14-15H,6-7,10-13H2,1-3H3,(H,21,23)/t14-,15+/m1/s1. The van der Waals surface area contributed by atoms with Crippen LogP contribution >= 0.6 is 0 Å². The van der Waals surface area contributed by atoms with Crippen molar-refractivity contribution < 1.29 is 23.8 Å². The lowest BCUT2D eigenvalue weighted by atomic mass is 9.97. The van der Waals surface area contributed by atoms with E-state index >= 15 is 0 Å². The molecule has 0 unspecified atom stereocenters. The number of carbonyl (C=O) groups excluding carboxylic acids is 2. The number of nitrogens with zero attached hydrogens (tertiary/aromatic N) is 1. The number of amides is 2. The van der Waals surface area contributed by atoms with Crippen molar-refractivity contribution in [2.45, 2.75) is 45.3 Å². The lowest BCUT2D eigenvalue weighted by Crippen LogP contribution is -2.49. The van der Waals surface area contributed by atoms with Crippen LogP contribution < -0.4 is 14.8 Å². The second-order valence-electron chi connectivity index (χ2n) is 8.01. The van der Waals surface area contributed by atoms with Crippen LogP contribution in [0.3, 0.4) is 0 Å². The van der Waals surface area contributed by atoms with Crippen LogP contribution in [0.15, 0.2) is 24.3 Å². The number of nitrogens with one attached hydrogen (secondary N) is 1. The summed E-state index contributed by atoms with van der Waals surface area (Å²) in [7, 11) is 0. The Hall–Kier alpha value is -2.44. The number of para-hydroxylation sites is 2. The molecule has 0 bridgehead atoms. The molecule has 0 spiro atoms. The first-order chi connectivity index (χ1) is 12.8. The number of hydrogen-bond donors (Lipinski definition) is 1. The molecule has 0 saturated carbocycles. The Bertz CT molecular complexity index is 685. The van der Waals surface area contributed by atoms with E-state index < -0.39 is 5.60 Å². The average Bonchev–Trinajstić information content (AvgIpc) is 2.64. The highest BCUT2D eigenvalue weighted by Gasteiger charge is 2.31. The normalized spacial score (nSPS) is 22.1. The Morgan fingerprint density at radius 1 is 1.26 bits per heavy atom. The van der Waals surface area contributed by atoms with Crippen LogP contribution in [0.5, 0.6) is 11.5 Å². The highest BCUT2D eigenvalue weighted by atomic mass is 16.6. The molecule has 1 saturated heterocycles. The zero-order valence-electron chi connectivity index (χ0n) is 16.2. The maximum absolute atomic E-state index is 12.6. The summed E-state index contributed by atoms with van der Waals surface area (Å²) in [5.41, 5.74) is -0.541. The van der Waals surface area contributed by atoms with Gasteiger partial charge < -0.3 is 24.4 Å². The molecule has 2 aliphatic heterocycles. The van der Waals surface area contributed by atoms with Crippen molar-refractivity contribution >= 4 is 12.0 Å². The number of carbonyl (C=O) groups is 2. The predicted octanol–water partition coefficient (Wildman–Crippen LogP) is 2.59. The molecule has 1 N–H and O–H groups in total. The van der Waals surface area contributed by atoms with Gasteiger partial charge in [0.05, 0.1) is 12.5 Å². The van der Waals surface area contributed by atoms with Gasteiger partial charge >= 0.3 is 6.09 Å². The Kier molecular flexibility index (Phi) is 5.77. The minimum Gasteiger partial charge on any atom is -0.486 e. The number of likely N-dealkylation sites (tertiary alicyclic amines) is 1. The summed E-state index contributed by atoms with van der Waals surface area (Å²) in [5, 5.41) is 2.94. The molecule has 1 aromatic carbocycles. The molecule has 27 heavy (non-hydrogen) atoms. The molecule has 2 heterocycles. The Labute approximate surface area is 160 Å². The SMILES string of the molecule is CC(C)(C)OC(=O)N1CCC[C@@H](C(=O)NC[C@H]2COc3ccccc3O2)C1. The molecular formula is C20H28N2O5. The van der Waals surface area contributed by atoms with Gasteiger partial charge in [0.15, 0.2) is 11.5 Å². The van der Waals surface area contributed by atoms with E-state index in [9.17, 15) is 9.59 Å². The van der Waals surface area contributed by atoms with Crippen molar-refractivity contribution in [1.29, 1.82) is 0 Å². The second kappa shape index (κ2) is 8.06. The summed E-state index contributed by atoms with van der Waals surface area (Å²) in [4.78, 5) is 26.4. The number of rotatable bonds is 3. The summed E-state index contributed by atoms with van der Waals surface area (Å²) in [6, 6.07) is 7.49. The zero-order chi connectivity index (χ0) is 19.4. The summed E-state index contributed by atoms with van der Waals surface area (Å²) in [6.45, 7) is 7.28. The van der Waals surface area contributed by atoms with Crippen molar-refractivity contribution in [3.8, 4) is 11.5 Å². The van der Waals surface area contributed by atoms with Crippen LogP contribution in [0.4, 0.5) is 4.79 Å². The van der Waals surface area contributed by atoms with Gasteiger partial charge in [-0.3, -0.25) is 4.79 Å². The third-order valence-corrected chi connectivity index (χ3v) is 4.52. The molecule has 148 valence electrons. The van der Waals surface area contributed by atoms with Gasteiger partial charge in [0.25, 0.3) is 0 Å². The van der Waals surface area contributed by atoms with Crippen molar-refractivity contribution in [2.24, 2.45) is 5.92 Å². The molecule has 1 aromatic rings. The van der Waals surface area contributed by atoms with Gasteiger partial charge in [-0.1, -0.05) is 12.1 Å². The molecular weight excluding hydrogens is 348 g/mol. The van der Waals surface area contributed by atoms with Crippen LogP contribution in [0, 0.1) is 5.92 Å². The largest absolute Gasteiger partial charge is 0.486 e. The van der Waals surface area contributed by atoms with E-state index in [2.05, 4.69) is 5.32 Å². The number of fused-ring (bicyclic) bond motifs is 1. The van der Waals surface area contributed by atoms with Crippen molar-refractivity contribution in [3.05, 3.63) is 24.3 Å². The molecule has 0 aliphatic carbocycles. The number of ether oxygens (including phenoxy) is 3. The van der Waals surface area contributed by atoms with Gasteiger partial charge in [0.1, 0.15) is 18.3 Å². The molecule has 2 amide bonds.